The summed E-state index contributed by atoms with van der Waals surface area (Å²) >= 11 is 0. The molecule has 1 aromatic carbocycles. The molecule has 0 unspecified atom stereocenters. The minimum absolute atomic E-state index is 0. The molecule has 0 atom stereocenters. The average Bonchev–Trinajstić information content (AvgIpc) is 1.80. The Bertz CT molecular complexity index is 220. The first-order chi connectivity index (χ1) is 4.20. The zero-order valence-electron chi connectivity index (χ0n) is 6.26. The molecule has 0 heterocycles. The first-order valence-corrected chi connectivity index (χ1v) is 2.96. The van der Waals surface area contributed by atoms with E-state index >= 15 is 0 Å². The molecular weight excluding hydrogens is 157 g/mol. The van der Waals surface area contributed by atoms with Gasteiger partial charge in [-0.2, -0.15) is 0 Å². The Kier molecular flexibility index (Phi) is 3.87. The second kappa shape index (κ2) is 3.91. The fourth-order valence-electron chi connectivity index (χ4n) is 0.719. The van der Waals surface area contributed by atoms with Crippen molar-refractivity contribution < 1.29 is 30.9 Å². The molecule has 51 valence electrons. The molecule has 0 bridgehead atoms. The van der Waals surface area contributed by atoms with Crippen molar-refractivity contribution in [3.8, 4) is 5.75 Å². The molecule has 1 nitrogen and oxygen atoms in total. The van der Waals surface area contributed by atoms with Gasteiger partial charge in [0.2, 0.25) is 0 Å². The van der Waals surface area contributed by atoms with Gasteiger partial charge in [-0.25, -0.2) is 0 Å². The molecule has 1 aromatic rings. The van der Waals surface area contributed by atoms with E-state index in [0.717, 1.165) is 11.1 Å². The van der Waals surface area contributed by atoms with Gasteiger partial charge in [-0.1, -0.05) is 12.1 Å². The Balaban J connectivity index is 0.000000810. The van der Waals surface area contributed by atoms with Crippen molar-refractivity contribution in [2.75, 3.05) is 0 Å². The maximum atomic E-state index is 9.10. The number of hydrogen-bond donors (Lipinski definition) is 1. The summed E-state index contributed by atoms with van der Waals surface area (Å²) in [6, 6.07) is 5.65. The van der Waals surface area contributed by atoms with Crippen LogP contribution >= 0.6 is 0 Å². The zero-order valence-corrected chi connectivity index (χ0v) is 8.06. The Morgan fingerprint density at radius 1 is 1.20 bits per heavy atom. The van der Waals surface area contributed by atoms with Crippen LogP contribution in [0, 0.1) is 13.8 Å². The molecule has 0 aliphatic rings. The van der Waals surface area contributed by atoms with E-state index in [1.807, 2.05) is 26.0 Å². The molecule has 0 fully saturated rings. The summed E-state index contributed by atoms with van der Waals surface area (Å²) in [6.45, 7) is 3.84. The average molecular weight is 167 g/mol. The van der Waals surface area contributed by atoms with Crippen molar-refractivity contribution in [2.45, 2.75) is 13.8 Å². The molecule has 0 spiro atoms. The normalized spacial score (nSPS) is 8.60. The van der Waals surface area contributed by atoms with Crippen LogP contribution in [0.5, 0.6) is 5.75 Å². The fourth-order valence-corrected chi connectivity index (χ4v) is 0.719. The molecule has 0 amide bonds. The van der Waals surface area contributed by atoms with E-state index in [0.29, 0.717) is 5.75 Å². The van der Waals surface area contributed by atoms with Gasteiger partial charge in [-0.3, -0.25) is 0 Å². The van der Waals surface area contributed by atoms with Crippen LogP contribution in [0.2, 0.25) is 0 Å². The van der Waals surface area contributed by atoms with Crippen LogP contribution in [0.15, 0.2) is 18.2 Å². The van der Waals surface area contributed by atoms with Gasteiger partial charge < -0.3 is 5.11 Å². The smallest absolute Gasteiger partial charge is 0.118 e. The van der Waals surface area contributed by atoms with Gasteiger partial charge in [-0.05, 0) is 31.0 Å². The minimum Gasteiger partial charge on any atom is -0.508 e. The van der Waals surface area contributed by atoms with Gasteiger partial charge in [0, 0.05) is 25.8 Å². The Morgan fingerprint density at radius 3 is 2.20 bits per heavy atom. The topological polar surface area (TPSA) is 20.2 Å². The van der Waals surface area contributed by atoms with Crippen molar-refractivity contribution in [3.05, 3.63) is 29.3 Å². The van der Waals surface area contributed by atoms with Crippen LogP contribution in [0.25, 0.3) is 0 Å². The summed E-state index contributed by atoms with van der Waals surface area (Å²) in [5.74, 6) is 0.384. The van der Waals surface area contributed by atoms with Gasteiger partial charge >= 0.3 is 0 Å². The summed E-state index contributed by atoms with van der Waals surface area (Å²) in [7, 11) is 0. The van der Waals surface area contributed by atoms with Gasteiger partial charge in [-0.15, -0.1) is 0 Å². The van der Waals surface area contributed by atoms with E-state index < -0.39 is 0 Å². The van der Waals surface area contributed by atoms with E-state index in [2.05, 4.69) is 0 Å². The predicted octanol–water partition coefficient (Wildman–Crippen LogP) is 2.01. The third-order valence-corrected chi connectivity index (χ3v) is 1.36. The van der Waals surface area contributed by atoms with Gasteiger partial charge in [0.1, 0.15) is 5.75 Å². The number of hydrogen-bond acceptors (Lipinski definition) is 1. The van der Waals surface area contributed by atoms with E-state index in [1.54, 1.807) is 6.07 Å². The predicted molar refractivity (Wildman–Crippen MR) is 37.6 cm³/mol. The first-order valence-electron chi connectivity index (χ1n) is 2.96. The second-order valence-corrected chi connectivity index (χ2v) is 2.29. The number of aryl methyl sites for hydroxylation is 2. The Hall–Kier alpha value is -0.110. The molecule has 0 saturated carbocycles. The van der Waals surface area contributed by atoms with Crippen LogP contribution in [0.4, 0.5) is 0 Å². The van der Waals surface area contributed by atoms with Crippen LogP contribution in [-0.2, 0) is 25.8 Å². The third-order valence-electron chi connectivity index (χ3n) is 1.36. The number of phenolic OH excluding ortho intramolecular Hbond substituents is 1. The zero-order chi connectivity index (χ0) is 6.85. The maximum absolute atomic E-state index is 9.10. The van der Waals surface area contributed by atoms with Gasteiger partial charge in [0.15, 0.2) is 0 Å². The fraction of sp³-hybridized carbons (Fsp3) is 0.250. The van der Waals surface area contributed by atoms with E-state index in [1.165, 1.54) is 0 Å². The largest absolute Gasteiger partial charge is 0.508 e. The molecule has 0 saturated heterocycles. The molecule has 10 heavy (non-hydrogen) atoms. The number of phenols is 1. The summed E-state index contributed by atoms with van der Waals surface area (Å²) in [6.07, 6.45) is 0. The number of benzene rings is 1. The first kappa shape index (κ1) is 9.89. The molecule has 0 aliphatic carbocycles. The van der Waals surface area contributed by atoms with Crippen LogP contribution in [-0.4, -0.2) is 5.11 Å². The van der Waals surface area contributed by atoms with Crippen LogP contribution < -0.4 is 0 Å². The molecular formula is C8H10OSc. The van der Waals surface area contributed by atoms with Gasteiger partial charge in [0.25, 0.3) is 0 Å². The van der Waals surface area contributed by atoms with E-state index in [-0.39, 0.29) is 25.8 Å². The Labute approximate surface area is 79.9 Å². The van der Waals surface area contributed by atoms with Crippen molar-refractivity contribution in [1.29, 1.82) is 0 Å². The molecule has 1 radical (unpaired) electrons. The van der Waals surface area contributed by atoms with Gasteiger partial charge in [0.05, 0.1) is 0 Å². The summed E-state index contributed by atoms with van der Waals surface area (Å²) < 4.78 is 0. The third kappa shape index (κ3) is 2.25. The van der Waals surface area contributed by atoms with E-state index in [4.69, 9.17) is 5.11 Å². The molecule has 2 heteroatoms. The van der Waals surface area contributed by atoms with E-state index in [9.17, 15) is 0 Å². The quantitative estimate of drug-likeness (QED) is 0.626. The van der Waals surface area contributed by atoms with Crippen LogP contribution in [0.3, 0.4) is 0 Å². The standard InChI is InChI=1S/C8H10O.Sc/c1-6-3-4-7(2)8(9)5-6;/h3-5,9H,1-2H3;. The van der Waals surface area contributed by atoms with Crippen molar-refractivity contribution in [3.63, 3.8) is 0 Å². The van der Waals surface area contributed by atoms with Crippen molar-refractivity contribution in [2.24, 2.45) is 0 Å². The van der Waals surface area contributed by atoms with Crippen molar-refractivity contribution >= 4 is 0 Å². The summed E-state index contributed by atoms with van der Waals surface area (Å²) in [5.41, 5.74) is 2.03. The summed E-state index contributed by atoms with van der Waals surface area (Å²) in [4.78, 5) is 0. The van der Waals surface area contributed by atoms with Crippen molar-refractivity contribution in [1.82, 2.24) is 0 Å². The van der Waals surface area contributed by atoms with Crippen LogP contribution in [0.1, 0.15) is 11.1 Å². The molecule has 1 rings (SSSR count). The Morgan fingerprint density at radius 2 is 1.80 bits per heavy atom. The second-order valence-electron chi connectivity index (χ2n) is 2.29. The molecule has 0 aliphatic heterocycles. The minimum atomic E-state index is 0. The SMILES string of the molecule is Cc1ccc(C)c(O)c1.[Sc]. The molecule has 0 aromatic heterocycles. The summed E-state index contributed by atoms with van der Waals surface area (Å²) in [5, 5.41) is 9.10. The number of rotatable bonds is 0. The number of aromatic hydroxyl groups is 1. The maximum Gasteiger partial charge on any atom is 0.118 e. The molecule has 1 N–H and O–H groups in total. The monoisotopic (exact) mass is 167 g/mol.